The van der Waals surface area contributed by atoms with Gasteiger partial charge in [-0.1, -0.05) is 29.8 Å². The maximum Gasteiger partial charge on any atom is 0.338 e. The number of aromatic carboxylic acids is 1. The highest BCUT2D eigenvalue weighted by Crippen LogP contribution is 2.34. The van der Waals surface area contributed by atoms with Crippen molar-refractivity contribution in [2.45, 2.75) is 19.9 Å². The Morgan fingerprint density at radius 1 is 1.06 bits per heavy atom. The highest BCUT2D eigenvalue weighted by atomic mass is 35.5. The molecule has 0 spiro atoms. The van der Waals surface area contributed by atoms with Gasteiger partial charge >= 0.3 is 11.9 Å². The molecule has 4 rings (SSSR count). The number of rotatable bonds is 6. The second-order valence-corrected chi connectivity index (χ2v) is 8.26. The highest BCUT2D eigenvalue weighted by Gasteiger charge is 2.19. The quantitative estimate of drug-likeness (QED) is 0.351. The van der Waals surface area contributed by atoms with Crippen LogP contribution in [0.5, 0.6) is 0 Å². The molecule has 3 aromatic carbocycles. The number of aryl methyl sites for hydroxylation is 1. The Hall–Kier alpha value is -4.08. The fourth-order valence-corrected chi connectivity index (χ4v) is 4.36. The monoisotopic (exact) mass is 472 g/mol. The van der Waals surface area contributed by atoms with Crippen molar-refractivity contribution in [1.29, 1.82) is 5.26 Å². The van der Waals surface area contributed by atoms with Crippen LogP contribution in [0.25, 0.3) is 22.0 Å². The number of benzene rings is 3. The van der Waals surface area contributed by atoms with Gasteiger partial charge in [-0.05, 0) is 65.6 Å². The van der Waals surface area contributed by atoms with Gasteiger partial charge < -0.3 is 14.4 Å². The van der Waals surface area contributed by atoms with E-state index in [0.717, 1.165) is 28.6 Å². The van der Waals surface area contributed by atoms with Crippen LogP contribution in [-0.2, 0) is 17.7 Å². The molecule has 0 aliphatic rings. The van der Waals surface area contributed by atoms with Crippen LogP contribution in [0.3, 0.4) is 0 Å². The molecule has 6 nitrogen and oxygen atoms in total. The molecule has 0 atom stereocenters. The Balaban J connectivity index is 1.91. The smallest absolute Gasteiger partial charge is 0.338 e. The summed E-state index contributed by atoms with van der Waals surface area (Å²) in [7, 11) is 1.29. The first-order valence-corrected chi connectivity index (χ1v) is 11.0. The van der Waals surface area contributed by atoms with E-state index in [1.54, 1.807) is 36.4 Å². The largest absolute Gasteiger partial charge is 0.478 e. The molecule has 1 heterocycles. The van der Waals surface area contributed by atoms with E-state index in [-0.39, 0.29) is 11.1 Å². The molecule has 1 N–H and O–H groups in total. The number of fused-ring (bicyclic) bond motifs is 1. The molecule has 34 heavy (non-hydrogen) atoms. The number of nitrogens with zero attached hydrogens (tertiary/aromatic N) is 2. The van der Waals surface area contributed by atoms with Gasteiger partial charge in [0.05, 0.1) is 29.9 Å². The SMILES string of the molecule is CCn1cc(Cc2ccc(C(=O)O)cc2-c2ccc(Cl)cc2C(=O)OC)c2ccc(C#N)cc21. The maximum absolute atomic E-state index is 12.5. The van der Waals surface area contributed by atoms with Gasteiger partial charge in [-0.2, -0.15) is 5.26 Å². The van der Waals surface area contributed by atoms with Gasteiger partial charge in [-0.25, -0.2) is 9.59 Å². The Bertz CT molecular complexity index is 1480. The van der Waals surface area contributed by atoms with Crippen LogP contribution >= 0.6 is 11.6 Å². The summed E-state index contributed by atoms with van der Waals surface area (Å²) in [5.74, 6) is -1.62. The van der Waals surface area contributed by atoms with Gasteiger partial charge in [-0.15, -0.1) is 0 Å². The number of ether oxygens (including phenoxy) is 1. The van der Waals surface area contributed by atoms with E-state index in [9.17, 15) is 20.0 Å². The van der Waals surface area contributed by atoms with E-state index in [1.165, 1.54) is 13.2 Å². The number of carbonyl (C=O) groups excluding carboxylic acids is 1. The predicted molar refractivity (Wildman–Crippen MR) is 130 cm³/mol. The molecule has 0 bridgehead atoms. The number of hydrogen-bond acceptors (Lipinski definition) is 4. The summed E-state index contributed by atoms with van der Waals surface area (Å²) < 4.78 is 7.03. The van der Waals surface area contributed by atoms with Crippen molar-refractivity contribution in [1.82, 2.24) is 4.57 Å². The number of carbonyl (C=O) groups is 2. The number of esters is 1. The van der Waals surface area contributed by atoms with E-state index in [0.29, 0.717) is 28.1 Å². The molecule has 4 aromatic rings. The van der Waals surface area contributed by atoms with Crippen molar-refractivity contribution in [2.75, 3.05) is 7.11 Å². The number of aromatic nitrogens is 1. The fraction of sp³-hybridized carbons (Fsp3) is 0.148. The van der Waals surface area contributed by atoms with E-state index < -0.39 is 11.9 Å². The number of halogens is 1. The second-order valence-electron chi connectivity index (χ2n) is 7.82. The number of carboxylic acids is 1. The highest BCUT2D eigenvalue weighted by molar-refractivity contribution is 6.31. The second kappa shape index (κ2) is 9.42. The average molecular weight is 473 g/mol. The Morgan fingerprint density at radius 3 is 2.53 bits per heavy atom. The van der Waals surface area contributed by atoms with Crippen molar-refractivity contribution < 1.29 is 19.4 Å². The third-order valence-electron chi connectivity index (χ3n) is 5.85. The van der Waals surface area contributed by atoms with Gasteiger partial charge in [0.25, 0.3) is 0 Å². The lowest BCUT2D eigenvalue weighted by molar-refractivity contribution is 0.0600. The molecule has 0 aliphatic heterocycles. The van der Waals surface area contributed by atoms with Gasteiger partial charge in [0.2, 0.25) is 0 Å². The zero-order valence-corrected chi connectivity index (χ0v) is 19.4. The van der Waals surface area contributed by atoms with E-state index in [4.69, 9.17) is 16.3 Å². The summed E-state index contributed by atoms with van der Waals surface area (Å²) in [6.07, 6.45) is 2.54. The average Bonchev–Trinajstić information content (AvgIpc) is 3.20. The zero-order chi connectivity index (χ0) is 24.4. The number of hydrogen-bond donors (Lipinski definition) is 1. The molecule has 170 valence electrons. The predicted octanol–water partition coefficient (Wildman–Crippen LogP) is 5.93. The normalized spacial score (nSPS) is 10.8. The first-order valence-electron chi connectivity index (χ1n) is 10.6. The van der Waals surface area contributed by atoms with Gasteiger partial charge in [0, 0.05) is 35.1 Å². The number of methoxy groups -OCH3 is 1. The summed E-state index contributed by atoms with van der Waals surface area (Å²) in [5, 5.41) is 20.3. The summed E-state index contributed by atoms with van der Waals surface area (Å²) in [6.45, 7) is 2.77. The van der Waals surface area contributed by atoms with Crippen molar-refractivity contribution >= 4 is 34.4 Å². The van der Waals surface area contributed by atoms with Gasteiger partial charge in [0.15, 0.2) is 0 Å². The summed E-state index contributed by atoms with van der Waals surface area (Å²) in [4.78, 5) is 24.2. The van der Waals surface area contributed by atoms with Crippen molar-refractivity contribution in [3.05, 3.63) is 93.6 Å². The third-order valence-corrected chi connectivity index (χ3v) is 6.08. The van der Waals surface area contributed by atoms with Crippen molar-refractivity contribution in [2.24, 2.45) is 0 Å². The lowest BCUT2D eigenvalue weighted by atomic mass is 9.90. The lowest BCUT2D eigenvalue weighted by Gasteiger charge is -2.14. The summed E-state index contributed by atoms with van der Waals surface area (Å²) in [5.41, 5.74) is 4.94. The van der Waals surface area contributed by atoms with Gasteiger partial charge in [-0.3, -0.25) is 0 Å². The molecule has 0 unspecified atom stereocenters. The van der Waals surface area contributed by atoms with E-state index in [1.807, 2.05) is 25.3 Å². The fourth-order valence-electron chi connectivity index (χ4n) is 4.19. The van der Waals surface area contributed by atoms with E-state index >= 15 is 0 Å². The minimum atomic E-state index is -1.06. The lowest BCUT2D eigenvalue weighted by Crippen LogP contribution is -2.06. The van der Waals surface area contributed by atoms with Crippen molar-refractivity contribution in [3.8, 4) is 17.2 Å². The van der Waals surface area contributed by atoms with Crippen LogP contribution in [0.4, 0.5) is 0 Å². The summed E-state index contributed by atoms with van der Waals surface area (Å²) >= 11 is 6.14. The molecule has 0 saturated carbocycles. The summed E-state index contributed by atoms with van der Waals surface area (Å²) in [6, 6.07) is 17.5. The van der Waals surface area contributed by atoms with E-state index in [2.05, 4.69) is 10.6 Å². The van der Waals surface area contributed by atoms with Crippen LogP contribution in [0, 0.1) is 11.3 Å². The van der Waals surface area contributed by atoms with Crippen LogP contribution in [0.2, 0.25) is 5.02 Å². The molecular formula is C27H21ClN2O4. The first kappa shape index (κ1) is 23.1. The van der Waals surface area contributed by atoms with Crippen LogP contribution in [0.15, 0.2) is 60.8 Å². The Morgan fingerprint density at radius 2 is 1.85 bits per heavy atom. The van der Waals surface area contributed by atoms with Crippen LogP contribution in [0.1, 0.15) is 44.3 Å². The topological polar surface area (TPSA) is 92.3 Å². The standard InChI is InChI=1S/C27H21ClN2O4/c1-3-30-15-19(21-8-4-16(14-29)10-25(21)30)11-17-5-6-18(26(31)32)12-23(17)22-9-7-20(28)13-24(22)27(33)34-2/h4-10,12-13,15H,3,11H2,1-2H3,(H,31,32). The van der Waals surface area contributed by atoms with Crippen molar-refractivity contribution in [3.63, 3.8) is 0 Å². The number of carboxylic acid groups (broad SMARTS) is 1. The molecule has 0 radical (unpaired) electrons. The van der Waals surface area contributed by atoms with Crippen LogP contribution in [-0.4, -0.2) is 28.7 Å². The number of nitriles is 1. The minimum Gasteiger partial charge on any atom is -0.478 e. The molecule has 0 saturated heterocycles. The molecule has 7 heteroatoms. The molecule has 0 amide bonds. The maximum atomic E-state index is 12.5. The van der Waals surface area contributed by atoms with Crippen LogP contribution < -0.4 is 0 Å². The first-order chi connectivity index (χ1) is 16.4. The third kappa shape index (κ3) is 4.26. The Labute approximate surface area is 201 Å². The molecule has 1 aromatic heterocycles. The zero-order valence-electron chi connectivity index (χ0n) is 18.6. The Kier molecular flexibility index (Phi) is 6.40. The molecule has 0 fully saturated rings. The van der Waals surface area contributed by atoms with Gasteiger partial charge in [0.1, 0.15) is 0 Å². The molecular weight excluding hydrogens is 452 g/mol. The minimum absolute atomic E-state index is 0.110. The molecule has 0 aliphatic carbocycles.